The highest BCUT2D eigenvalue weighted by Crippen LogP contribution is 1.43. The smallest absolute Gasteiger partial charge is 0.330 e. The lowest BCUT2D eigenvalue weighted by Gasteiger charge is -1.93. The van der Waals surface area contributed by atoms with Crippen LogP contribution in [0.3, 0.4) is 0 Å². The fourth-order valence-electron chi connectivity index (χ4n) is 0.101. The zero-order chi connectivity index (χ0) is 5.70. The van der Waals surface area contributed by atoms with Crippen LogP contribution in [0.5, 0.6) is 0 Å². The molecule has 7 heavy (non-hydrogen) atoms. The molecule has 0 unspecified atom stereocenters. The highest BCUT2D eigenvalue weighted by atomic mass is 32.1. The van der Waals surface area contributed by atoms with E-state index in [1.165, 1.54) is 0 Å². The van der Waals surface area contributed by atoms with Gasteiger partial charge in [-0.1, -0.05) is 12.2 Å². The zero-order valence-electron chi connectivity index (χ0n) is 3.47. The molecule has 0 heterocycles. The number of amides is 2. The number of carbonyl (C=O) groups is 1. The van der Waals surface area contributed by atoms with Gasteiger partial charge in [-0.15, -0.1) is 0 Å². The number of hydrogen-bond donors (Lipinski definition) is 3. The van der Waals surface area contributed by atoms with Crippen LogP contribution in [0.2, 0.25) is 0 Å². The minimum Gasteiger partial charge on any atom is -0.350 e. The van der Waals surface area contributed by atoms with Crippen molar-refractivity contribution in [2.45, 2.75) is 0 Å². The Bertz CT molecular complexity index is 83.0. The summed E-state index contributed by atoms with van der Waals surface area (Å²) in [6.07, 6.45) is 0. The maximum Gasteiger partial charge on any atom is 0.330 e. The number of nitrogens with one attached hydrogen (secondary N) is 2. The molecule has 0 saturated carbocycles. The van der Waals surface area contributed by atoms with Crippen molar-refractivity contribution in [1.29, 1.82) is 0 Å². The average molecular weight is 119 g/mol. The first-order valence-electron chi connectivity index (χ1n) is 1.52. The second-order valence-corrected chi connectivity index (χ2v) is 0.987. The normalized spacial score (nSPS) is 6.86. The van der Waals surface area contributed by atoms with Crippen LogP contribution < -0.4 is 16.6 Å². The van der Waals surface area contributed by atoms with Gasteiger partial charge in [0.15, 0.2) is 0 Å². The summed E-state index contributed by atoms with van der Waals surface area (Å²) in [5.74, 6) is 0. The van der Waals surface area contributed by atoms with Gasteiger partial charge in [-0.2, -0.15) is 0 Å². The van der Waals surface area contributed by atoms with E-state index in [9.17, 15) is 4.79 Å². The molecule has 0 aromatic rings. The maximum atomic E-state index is 9.74. The molecule has 0 fully saturated rings. The van der Waals surface area contributed by atoms with Crippen LogP contribution in [-0.4, -0.2) is 11.5 Å². The summed E-state index contributed by atoms with van der Waals surface area (Å²) in [5.41, 5.74) is 9.98. The number of carbonyl (C=O) groups excluding carboxylic acids is 1. The van der Waals surface area contributed by atoms with Crippen LogP contribution in [0.4, 0.5) is 4.79 Å². The summed E-state index contributed by atoms with van der Waals surface area (Å²) < 4.78 is 0. The van der Waals surface area contributed by atoms with E-state index < -0.39 is 6.03 Å². The number of rotatable bonds is 2. The monoisotopic (exact) mass is 119 g/mol. The van der Waals surface area contributed by atoms with E-state index in [4.69, 9.17) is 0 Å². The minimum atomic E-state index is -0.652. The van der Waals surface area contributed by atoms with Gasteiger partial charge in [0.05, 0.1) is 5.49 Å². The molecule has 0 spiro atoms. The summed E-state index contributed by atoms with van der Waals surface area (Å²) >= 11 is 4.26. The van der Waals surface area contributed by atoms with Gasteiger partial charge in [0, 0.05) is 0 Å². The topological polar surface area (TPSA) is 67.2 Å². The number of primary amides is 1. The van der Waals surface area contributed by atoms with E-state index in [1.54, 1.807) is 0 Å². The van der Waals surface area contributed by atoms with E-state index in [1.807, 2.05) is 5.43 Å². The molecule has 4 N–H and O–H groups in total. The molecule has 0 bridgehead atoms. The highest BCUT2D eigenvalue weighted by Gasteiger charge is 1.80. The van der Waals surface area contributed by atoms with Crippen molar-refractivity contribution >= 4 is 23.7 Å². The Labute approximate surface area is 46.0 Å². The van der Waals surface area contributed by atoms with Crippen molar-refractivity contribution < 1.29 is 4.79 Å². The maximum absolute atomic E-state index is 9.74. The summed E-state index contributed by atoms with van der Waals surface area (Å²) in [5, 5.41) is 0. The number of thiocarbonyl (C=S) groups is 1. The van der Waals surface area contributed by atoms with Crippen LogP contribution in [0.1, 0.15) is 0 Å². The Balaban J connectivity index is 2.97. The quantitative estimate of drug-likeness (QED) is 0.326. The Kier molecular flexibility index (Phi) is 2.95. The van der Waals surface area contributed by atoms with E-state index in [2.05, 4.69) is 23.4 Å². The number of hydrazine groups is 1. The summed E-state index contributed by atoms with van der Waals surface area (Å²) in [6.45, 7) is 0. The third kappa shape index (κ3) is 5.16. The average Bonchev–Trinajstić information content (AvgIpc) is 1.61. The van der Waals surface area contributed by atoms with Crippen LogP contribution in [0, 0.1) is 0 Å². The molecule has 40 valence electrons. The Morgan fingerprint density at radius 2 is 2.43 bits per heavy atom. The lowest BCUT2D eigenvalue weighted by molar-refractivity contribution is 0.247. The molecule has 0 aromatic heterocycles. The van der Waals surface area contributed by atoms with Gasteiger partial charge in [-0.3, -0.25) is 10.9 Å². The largest absolute Gasteiger partial charge is 0.350 e. The molecule has 0 radical (unpaired) electrons. The first kappa shape index (κ1) is 6.16. The minimum absolute atomic E-state index is 0.652. The van der Waals surface area contributed by atoms with E-state index in [-0.39, 0.29) is 0 Å². The number of nitrogens with two attached hydrogens (primary N) is 1. The second kappa shape index (κ2) is 3.35. The van der Waals surface area contributed by atoms with Gasteiger partial charge in [0.1, 0.15) is 0 Å². The summed E-state index contributed by atoms with van der Waals surface area (Å²) in [7, 11) is 0. The lowest BCUT2D eigenvalue weighted by Crippen LogP contribution is -2.39. The van der Waals surface area contributed by atoms with Crippen molar-refractivity contribution in [1.82, 2.24) is 10.9 Å². The van der Waals surface area contributed by atoms with Gasteiger partial charge >= 0.3 is 6.03 Å². The van der Waals surface area contributed by atoms with Gasteiger partial charge in [-0.25, -0.2) is 4.79 Å². The van der Waals surface area contributed by atoms with Gasteiger partial charge in [0.2, 0.25) is 0 Å². The predicted molar refractivity (Wildman–Crippen MR) is 29.5 cm³/mol. The lowest BCUT2D eigenvalue weighted by atomic mass is 11.1. The molecule has 0 aliphatic heterocycles. The van der Waals surface area contributed by atoms with Crippen molar-refractivity contribution in [3.63, 3.8) is 0 Å². The predicted octanol–water partition coefficient (Wildman–Crippen LogP) is -0.883. The summed E-state index contributed by atoms with van der Waals surface area (Å²) in [4.78, 5) is 9.74. The third-order valence-electron chi connectivity index (χ3n) is 0.254. The molecule has 0 aliphatic carbocycles. The molecular weight excluding hydrogens is 114 g/mol. The van der Waals surface area contributed by atoms with Gasteiger partial charge < -0.3 is 5.73 Å². The van der Waals surface area contributed by atoms with Crippen molar-refractivity contribution in [3.8, 4) is 0 Å². The standard InChI is InChI=1S/C2H5N3OS/c3-2(6)5-4-1-7/h1H,(H,4,7)(H3,3,5,6). The van der Waals surface area contributed by atoms with Gasteiger partial charge in [0.25, 0.3) is 0 Å². The van der Waals surface area contributed by atoms with E-state index >= 15 is 0 Å². The zero-order valence-corrected chi connectivity index (χ0v) is 4.29. The molecule has 4 nitrogen and oxygen atoms in total. The van der Waals surface area contributed by atoms with E-state index in [0.29, 0.717) is 0 Å². The van der Waals surface area contributed by atoms with Crippen molar-refractivity contribution in [2.75, 3.05) is 0 Å². The van der Waals surface area contributed by atoms with E-state index in [0.717, 1.165) is 5.49 Å². The van der Waals surface area contributed by atoms with Crippen molar-refractivity contribution in [2.24, 2.45) is 5.73 Å². The molecule has 2 amide bonds. The van der Waals surface area contributed by atoms with Gasteiger partial charge in [-0.05, 0) is 0 Å². The third-order valence-corrected chi connectivity index (χ3v) is 0.372. The van der Waals surface area contributed by atoms with Crippen molar-refractivity contribution in [3.05, 3.63) is 0 Å². The van der Waals surface area contributed by atoms with Crippen LogP contribution in [-0.2, 0) is 0 Å². The molecule has 0 saturated heterocycles. The molecule has 0 aliphatic rings. The van der Waals surface area contributed by atoms with Crippen LogP contribution in [0.25, 0.3) is 0 Å². The summed E-state index contributed by atoms with van der Waals surface area (Å²) in [6, 6.07) is -0.652. The second-order valence-electron chi connectivity index (χ2n) is 0.751. The van der Waals surface area contributed by atoms with Crippen LogP contribution in [0.15, 0.2) is 0 Å². The first-order chi connectivity index (χ1) is 3.27. The Morgan fingerprint density at radius 1 is 1.86 bits per heavy atom. The fraction of sp³-hybridized carbons (Fsp3) is 0. The molecule has 0 rings (SSSR count). The Morgan fingerprint density at radius 3 is 2.57 bits per heavy atom. The fourth-order valence-corrected chi connectivity index (χ4v) is 0.160. The molecule has 0 aromatic carbocycles. The Hall–Kier alpha value is -0.840. The molecular formula is C2H5N3OS. The molecule has 0 atom stereocenters. The SMILES string of the molecule is NC(=O)NNC=S. The highest BCUT2D eigenvalue weighted by molar-refractivity contribution is 7.78. The number of urea groups is 1. The van der Waals surface area contributed by atoms with Crippen LogP contribution >= 0.6 is 12.2 Å². The molecule has 5 heteroatoms. The first-order valence-corrected chi connectivity index (χ1v) is 1.99. The number of hydrogen-bond acceptors (Lipinski definition) is 2.